The molecule has 72 valence electrons. The van der Waals surface area contributed by atoms with Gasteiger partial charge in [0.05, 0.1) is 12.1 Å². The summed E-state index contributed by atoms with van der Waals surface area (Å²) in [5.74, 6) is -0.509. The Labute approximate surface area is 77.8 Å². The second-order valence-electron chi connectivity index (χ2n) is 3.55. The number of aliphatic carboxylic acids is 1. The number of nitriles is 1. The smallest absolute Gasteiger partial charge is 0.303 e. The lowest BCUT2D eigenvalue weighted by molar-refractivity contribution is -0.138. The average Bonchev–Trinajstić information content (AvgIpc) is 2.50. The molecule has 0 aromatic rings. The summed E-state index contributed by atoms with van der Waals surface area (Å²) in [6.45, 7) is 3.46. The van der Waals surface area contributed by atoms with Crippen molar-refractivity contribution < 1.29 is 9.90 Å². The van der Waals surface area contributed by atoms with E-state index in [1.807, 2.05) is 11.8 Å². The summed E-state index contributed by atoms with van der Waals surface area (Å²) < 4.78 is 0. The lowest BCUT2D eigenvalue weighted by atomic mass is 10.1. The van der Waals surface area contributed by atoms with Gasteiger partial charge in [-0.05, 0) is 25.8 Å². The van der Waals surface area contributed by atoms with Gasteiger partial charge in [0.15, 0.2) is 0 Å². The zero-order valence-electron chi connectivity index (χ0n) is 7.73. The molecule has 1 saturated heterocycles. The van der Waals surface area contributed by atoms with Crippen molar-refractivity contribution in [3.8, 4) is 6.07 Å². The summed E-state index contributed by atoms with van der Waals surface area (Å²) in [6.07, 6.45) is 1.13. The van der Waals surface area contributed by atoms with Crippen molar-refractivity contribution in [1.82, 2.24) is 4.90 Å². The van der Waals surface area contributed by atoms with Crippen molar-refractivity contribution in [2.45, 2.75) is 25.8 Å². The van der Waals surface area contributed by atoms with E-state index in [-0.39, 0.29) is 18.4 Å². The predicted molar refractivity (Wildman–Crippen MR) is 47.0 cm³/mol. The Morgan fingerprint density at radius 1 is 1.85 bits per heavy atom. The van der Waals surface area contributed by atoms with E-state index in [1.165, 1.54) is 0 Å². The van der Waals surface area contributed by atoms with E-state index >= 15 is 0 Å². The van der Waals surface area contributed by atoms with Crippen LogP contribution in [-0.2, 0) is 4.79 Å². The monoisotopic (exact) mass is 182 g/mol. The van der Waals surface area contributed by atoms with E-state index in [0.29, 0.717) is 0 Å². The van der Waals surface area contributed by atoms with Gasteiger partial charge < -0.3 is 5.11 Å². The van der Waals surface area contributed by atoms with Crippen molar-refractivity contribution in [3.63, 3.8) is 0 Å². The third kappa shape index (κ3) is 2.71. The highest BCUT2D eigenvalue weighted by Gasteiger charge is 2.27. The topological polar surface area (TPSA) is 64.3 Å². The molecule has 0 spiro atoms. The molecule has 2 unspecified atom stereocenters. The molecule has 1 fully saturated rings. The fourth-order valence-electron chi connectivity index (χ4n) is 1.71. The largest absolute Gasteiger partial charge is 0.481 e. The zero-order chi connectivity index (χ0) is 9.84. The Bertz CT molecular complexity index is 234. The third-order valence-corrected chi connectivity index (χ3v) is 2.52. The van der Waals surface area contributed by atoms with Crippen LogP contribution in [0.15, 0.2) is 0 Å². The normalized spacial score (nSPS) is 25.4. The molecule has 1 aliphatic rings. The Morgan fingerprint density at radius 3 is 3.08 bits per heavy atom. The molecule has 1 N–H and O–H groups in total. The molecule has 2 atom stereocenters. The number of hydrogen-bond acceptors (Lipinski definition) is 3. The molecule has 4 nitrogen and oxygen atoms in total. The van der Waals surface area contributed by atoms with Gasteiger partial charge in [0.25, 0.3) is 0 Å². The van der Waals surface area contributed by atoms with Crippen LogP contribution in [0.3, 0.4) is 0 Å². The van der Waals surface area contributed by atoms with Crippen molar-refractivity contribution in [1.29, 1.82) is 5.26 Å². The van der Waals surface area contributed by atoms with Crippen molar-refractivity contribution in [2.75, 3.05) is 13.1 Å². The standard InChI is InChI=1S/C9H14N2O2/c1-7(5-10)11-3-2-8(6-11)4-9(12)13/h7-8H,2-4,6H2,1H3,(H,12,13). The quantitative estimate of drug-likeness (QED) is 0.697. The summed E-state index contributed by atoms with van der Waals surface area (Å²) in [7, 11) is 0. The van der Waals surface area contributed by atoms with Gasteiger partial charge in [0.2, 0.25) is 0 Å². The predicted octanol–water partition coefficient (Wildman–Crippen LogP) is 0.695. The molecule has 13 heavy (non-hydrogen) atoms. The second-order valence-corrected chi connectivity index (χ2v) is 3.55. The van der Waals surface area contributed by atoms with Crippen LogP contribution in [-0.4, -0.2) is 35.1 Å². The molecule has 0 amide bonds. The van der Waals surface area contributed by atoms with Crippen LogP contribution in [0.5, 0.6) is 0 Å². The van der Waals surface area contributed by atoms with Gasteiger partial charge in [-0.3, -0.25) is 9.69 Å². The number of carbonyl (C=O) groups is 1. The zero-order valence-corrected chi connectivity index (χ0v) is 7.73. The Hall–Kier alpha value is -1.08. The molecule has 0 radical (unpaired) electrons. The first-order valence-electron chi connectivity index (χ1n) is 4.49. The fourth-order valence-corrected chi connectivity index (χ4v) is 1.71. The van der Waals surface area contributed by atoms with E-state index in [0.717, 1.165) is 19.5 Å². The van der Waals surface area contributed by atoms with Crippen LogP contribution in [0.25, 0.3) is 0 Å². The van der Waals surface area contributed by atoms with Crippen LogP contribution in [0.1, 0.15) is 19.8 Å². The summed E-state index contributed by atoms with van der Waals surface area (Å²) in [6, 6.07) is 2.07. The first kappa shape index (κ1) is 10.0. The van der Waals surface area contributed by atoms with E-state index in [9.17, 15) is 4.79 Å². The minimum absolute atomic E-state index is 0.0844. The summed E-state index contributed by atoms with van der Waals surface area (Å²) in [4.78, 5) is 12.5. The van der Waals surface area contributed by atoms with Crippen LogP contribution >= 0.6 is 0 Å². The van der Waals surface area contributed by atoms with Crippen LogP contribution in [0, 0.1) is 17.2 Å². The van der Waals surface area contributed by atoms with Gasteiger partial charge >= 0.3 is 5.97 Å². The van der Waals surface area contributed by atoms with Gasteiger partial charge in [-0.2, -0.15) is 5.26 Å². The lowest BCUT2D eigenvalue weighted by Crippen LogP contribution is -2.29. The van der Waals surface area contributed by atoms with Crippen LogP contribution in [0.2, 0.25) is 0 Å². The number of hydrogen-bond donors (Lipinski definition) is 1. The number of rotatable bonds is 3. The van der Waals surface area contributed by atoms with Crippen molar-refractivity contribution in [3.05, 3.63) is 0 Å². The van der Waals surface area contributed by atoms with Crippen LogP contribution in [0.4, 0.5) is 0 Å². The molecule has 1 rings (SSSR count). The van der Waals surface area contributed by atoms with Gasteiger partial charge in [0, 0.05) is 13.0 Å². The van der Waals surface area contributed by atoms with Gasteiger partial charge in [0.1, 0.15) is 0 Å². The molecule has 0 saturated carbocycles. The third-order valence-electron chi connectivity index (χ3n) is 2.52. The summed E-state index contributed by atoms with van der Waals surface area (Å²) in [5, 5.41) is 17.2. The Morgan fingerprint density at radius 2 is 2.54 bits per heavy atom. The maximum atomic E-state index is 10.4. The molecule has 0 aliphatic carbocycles. The highest BCUT2D eigenvalue weighted by atomic mass is 16.4. The molecule has 0 aromatic heterocycles. The molecular weight excluding hydrogens is 168 g/mol. The molecule has 0 aromatic carbocycles. The first-order chi connectivity index (χ1) is 6.13. The lowest BCUT2D eigenvalue weighted by Gasteiger charge is -2.17. The molecule has 1 aliphatic heterocycles. The maximum absolute atomic E-state index is 10.4. The summed E-state index contributed by atoms with van der Waals surface area (Å²) in [5.41, 5.74) is 0. The first-order valence-corrected chi connectivity index (χ1v) is 4.49. The number of carboxylic acids is 1. The average molecular weight is 182 g/mol. The van der Waals surface area contributed by atoms with E-state index < -0.39 is 5.97 Å². The highest BCUT2D eigenvalue weighted by Crippen LogP contribution is 2.20. The fraction of sp³-hybridized carbons (Fsp3) is 0.778. The molecule has 1 heterocycles. The van der Waals surface area contributed by atoms with Gasteiger partial charge in [-0.1, -0.05) is 0 Å². The summed E-state index contributed by atoms with van der Waals surface area (Å²) >= 11 is 0. The Kier molecular flexibility index (Phi) is 3.26. The van der Waals surface area contributed by atoms with E-state index in [2.05, 4.69) is 6.07 Å². The second kappa shape index (κ2) is 4.24. The SMILES string of the molecule is CC(C#N)N1CCC(CC(=O)O)C1. The van der Waals surface area contributed by atoms with E-state index in [4.69, 9.17) is 10.4 Å². The minimum Gasteiger partial charge on any atom is -0.481 e. The molecular formula is C9H14N2O2. The number of nitrogens with zero attached hydrogens (tertiary/aromatic N) is 2. The van der Waals surface area contributed by atoms with Crippen molar-refractivity contribution >= 4 is 5.97 Å². The number of likely N-dealkylation sites (tertiary alicyclic amines) is 1. The highest BCUT2D eigenvalue weighted by molar-refractivity contribution is 5.67. The van der Waals surface area contributed by atoms with Crippen LogP contribution < -0.4 is 0 Å². The molecule has 4 heteroatoms. The van der Waals surface area contributed by atoms with E-state index in [1.54, 1.807) is 0 Å². The minimum atomic E-state index is -0.739. The Balaban J connectivity index is 2.37. The van der Waals surface area contributed by atoms with Crippen molar-refractivity contribution in [2.24, 2.45) is 5.92 Å². The maximum Gasteiger partial charge on any atom is 0.303 e. The molecule has 0 bridgehead atoms. The van der Waals surface area contributed by atoms with Gasteiger partial charge in [-0.15, -0.1) is 0 Å². The van der Waals surface area contributed by atoms with Gasteiger partial charge in [-0.25, -0.2) is 0 Å². The number of carboxylic acid groups (broad SMARTS) is 1.